The second-order valence-corrected chi connectivity index (χ2v) is 20.2. The summed E-state index contributed by atoms with van der Waals surface area (Å²) in [5.74, 6) is -4.48. The van der Waals surface area contributed by atoms with Gasteiger partial charge < -0.3 is 20.4 Å². The zero-order valence-corrected chi connectivity index (χ0v) is 39.3. The lowest BCUT2D eigenvalue weighted by Gasteiger charge is -2.39. The molecule has 368 valence electrons. The summed E-state index contributed by atoms with van der Waals surface area (Å²) in [5, 5.41) is 32.9. The Labute approximate surface area is 405 Å². The van der Waals surface area contributed by atoms with Crippen molar-refractivity contribution in [3.05, 3.63) is 117 Å². The lowest BCUT2D eigenvalue weighted by molar-refractivity contribution is 0.376. The van der Waals surface area contributed by atoms with E-state index < -0.39 is 46.7 Å². The fourth-order valence-electron chi connectivity index (χ4n) is 12.1. The highest BCUT2D eigenvalue weighted by atomic mass is 35.5. The van der Waals surface area contributed by atoms with Gasteiger partial charge in [0, 0.05) is 80.4 Å². The van der Waals surface area contributed by atoms with Crippen LogP contribution in [0.25, 0.3) is 0 Å². The molecule has 2 N–H and O–H groups in total. The minimum absolute atomic E-state index is 0.129. The Morgan fingerprint density at radius 3 is 1.43 bits per heavy atom. The molecule has 70 heavy (non-hydrogen) atoms. The first-order chi connectivity index (χ1) is 33.9. The van der Waals surface area contributed by atoms with Gasteiger partial charge in [0.1, 0.15) is 11.6 Å². The maximum Gasteiger partial charge on any atom is 0.242 e. The molecule has 8 atom stereocenters. The summed E-state index contributed by atoms with van der Waals surface area (Å²) < 4.78 is 88.0. The highest BCUT2D eigenvalue weighted by Gasteiger charge is 2.45. The molecule has 6 aliphatic rings. The van der Waals surface area contributed by atoms with Gasteiger partial charge in [-0.05, 0) is 100 Å². The van der Waals surface area contributed by atoms with Crippen LogP contribution in [0.2, 0.25) is 5.15 Å². The summed E-state index contributed by atoms with van der Waals surface area (Å²) in [5.41, 5.74) is 3.26. The van der Waals surface area contributed by atoms with Gasteiger partial charge in [-0.2, -0.15) is 25.3 Å². The van der Waals surface area contributed by atoms with E-state index in [1.54, 1.807) is 10.9 Å². The second kappa shape index (κ2) is 19.3. The number of fused-ring (bicyclic) bond motifs is 6. The zero-order valence-electron chi connectivity index (χ0n) is 38.6. The van der Waals surface area contributed by atoms with Crippen LogP contribution in [0.1, 0.15) is 105 Å². The number of hydrogen-bond donors (Lipinski definition) is 2. The number of rotatable bonds is 8. The van der Waals surface area contributed by atoms with Crippen LogP contribution in [0.3, 0.4) is 0 Å². The van der Waals surface area contributed by atoms with Crippen molar-refractivity contribution in [2.24, 2.45) is 23.7 Å². The highest BCUT2D eigenvalue weighted by molar-refractivity contribution is 6.29. The van der Waals surface area contributed by atoms with Crippen molar-refractivity contribution in [1.82, 2.24) is 49.9 Å². The van der Waals surface area contributed by atoms with Gasteiger partial charge in [0.05, 0.1) is 29.5 Å². The molecule has 0 radical (unpaired) electrons. The van der Waals surface area contributed by atoms with Crippen molar-refractivity contribution in [3.8, 4) is 0 Å². The van der Waals surface area contributed by atoms with E-state index in [0.29, 0.717) is 78.3 Å². The molecule has 4 aliphatic heterocycles. The summed E-state index contributed by atoms with van der Waals surface area (Å²) >= 11 is 6.04. The minimum Gasteiger partial charge on any atom is -0.369 e. The van der Waals surface area contributed by atoms with Gasteiger partial charge in [-0.25, -0.2) is 35.7 Å². The molecule has 0 amide bonds. The summed E-state index contributed by atoms with van der Waals surface area (Å²) in [7, 11) is 0. The number of nitrogens with zero attached hydrogens (tertiary/aromatic N) is 12. The summed E-state index contributed by atoms with van der Waals surface area (Å²) in [6.45, 7) is 6.87. The van der Waals surface area contributed by atoms with Gasteiger partial charge >= 0.3 is 0 Å². The van der Waals surface area contributed by atoms with Crippen LogP contribution < -0.4 is 20.4 Å². The molecule has 2 saturated heterocycles. The molecule has 14 nitrogen and oxygen atoms in total. The third-order valence-electron chi connectivity index (χ3n) is 15.5. The molecule has 2 aliphatic carbocycles. The number of piperidine rings is 2. The third kappa shape index (κ3) is 9.00. The van der Waals surface area contributed by atoms with Crippen LogP contribution in [0.15, 0.2) is 48.8 Å². The van der Waals surface area contributed by atoms with Crippen LogP contribution in [-0.4, -0.2) is 88.2 Å². The molecule has 2 aromatic carbocycles. The second-order valence-electron chi connectivity index (χ2n) is 19.8. The van der Waals surface area contributed by atoms with Crippen LogP contribution in [0.4, 0.5) is 49.6 Å². The van der Waals surface area contributed by atoms with E-state index in [1.165, 1.54) is 12.1 Å². The lowest BCUT2D eigenvalue weighted by atomic mass is 9.92. The van der Waals surface area contributed by atoms with Crippen molar-refractivity contribution in [3.63, 3.8) is 0 Å². The van der Waals surface area contributed by atoms with Crippen molar-refractivity contribution in [1.29, 1.82) is 0 Å². The minimum atomic E-state index is -1.44. The predicted molar refractivity (Wildman–Crippen MR) is 250 cm³/mol. The standard InChI is InChI=1S/C25H28F3N7.C24H25ClF3N7/c1-14-10-17(11-29-32-14)34-12-15-5-6-16(13-34)23(15)30-25-31-24-19(4-2-3-9-35(24)33-25)18-7-8-20(26)22(28)21(18)27;25-19-9-15(10-29-32-19)34-11-13-4-5-14(12-34)22(13)30-24-31-23-17(3-1-2-8-35(23)33-24)16-6-7-18(26)21(28)20(16)27/h7-8,10-11,15-16,19,23H,2-6,9,12-13H2,1H3,(H,30,33);6-7,9-10,13-14,17,22H,1-5,8,11-12H2,(H,30,33)/t15-,16+,19?,23+;13-,14+,17-,22+/m.1/s1. The molecule has 4 fully saturated rings. The van der Waals surface area contributed by atoms with E-state index in [0.717, 1.165) is 107 Å². The fourth-order valence-corrected chi connectivity index (χ4v) is 12.3. The molecule has 1 unspecified atom stereocenters. The van der Waals surface area contributed by atoms with Gasteiger partial charge in [0.2, 0.25) is 11.9 Å². The summed E-state index contributed by atoms with van der Waals surface area (Å²) in [6, 6.07) is 9.03. The Morgan fingerprint density at radius 1 is 0.543 bits per heavy atom. The van der Waals surface area contributed by atoms with Crippen molar-refractivity contribution in [2.45, 2.75) is 108 Å². The number of halogens is 7. The van der Waals surface area contributed by atoms with Crippen molar-refractivity contribution < 1.29 is 26.3 Å². The van der Waals surface area contributed by atoms with Crippen LogP contribution in [-0.2, 0) is 13.1 Å². The summed E-state index contributed by atoms with van der Waals surface area (Å²) in [4.78, 5) is 14.2. The van der Waals surface area contributed by atoms with E-state index in [2.05, 4.69) is 46.9 Å². The Hall–Kier alpha value is -6.05. The van der Waals surface area contributed by atoms with Crippen molar-refractivity contribution in [2.75, 3.05) is 46.6 Å². The number of aromatic nitrogens is 10. The van der Waals surface area contributed by atoms with Gasteiger partial charge in [-0.1, -0.05) is 36.6 Å². The first-order valence-electron chi connectivity index (χ1n) is 24.4. The Bertz CT molecular complexity index is 2660. The normalized spacial score (nSPS) is 25.9. The molecule has 4 aromatic heterocycles. The monoisotopic (exact) mass is 986 g/mol. The Balaban J connectivity index is 0.000000152. The molecule has 4 bridgehead atoms. The van der Waals surface area contributed by atoms with Crippen molar-refractivity contribution >= 4 is 34.9 Å². The van der Waals surface area contributed by atoms with E-state index in [1.807, 2.05) is 23.9 Å². The smallest absolute Gasteiger partial charge is 0.242 e. The molecule has 8 heterocycles. The largest absolute Gasteiger partial charge is 0.369 e. The molecular formula is C49H53ClF6N14. The van der Waals surface area contributed by atoms with Crippen LogP contribution >= 0.6 is 11.6 Å². The van der Waals surface area contributed by atoms with E-state index >= 15 is 0 Å². The predicted octanol–water partition coefficient (Wildman–Crippen LogP) is 9.22. The topological polar surface area (TPSA) is 144 Å². The molecular weight excluding hydrogens is 934 g/mol. The Kier molecular flexibility index (Phi) is 12.8. The number of anilines is 4. The highest BCUT2D eigenvalue weighted by Crippen LogP contribution is 2.43. The first-order valence-corrected chi connectivity index (χ1v) is 24.8. The SMILES string of the molecule is Cc1cc(N2C[C@H]3CC[C@@H](C2)[C@H]3Nc2nc3n(n2)CCCCC3c2ccc(F)c(F)c2F)cnn1.Fc1ccc([C@H]2CCCCn3nc(N[C@H]4[C@@H]5CC[C@H]4CN(c4cnnc(Cl)c4)C5)nc32)c(F)c1F. The maximum atomic E-state index is 14.7. The summed E-state index contributed by atoms with van der Waals surface area (Å²) in [6.07, 6.45) is 12.6. The van der Waals surface area contributed by atoms with Gasteiger partial charge in [-0.15, -0.1) is 15.3 Å². The maximum absolute atomic E-state index is 14.7. The van der Waals surface area contributed by atoms with Gasteiger partial charge in [0.25, 0.3) is 0 Å². The number of aryl methyl sites for hydroxylation is 3. The fraction of sp³-hybridized carbons (Fsp3) is 0.510. The average molecular weight is 988 g/mol. The van der Waals surface area contributed by atoms with Gasteiger partial charge in [-0.3, -0.25) is 0 Å². The molecule has 12 rings (SSSR count). The number of nitrogens with one attached hydrogen (secondary N) is 2. The molecule has 2 saturated carbocycles. The van der Waals surface area contributed by atoms with Crippen LogP contribution in [0, 0.1) is 65.5 Å². The quantitative estimate of drug-likeness (QED) is 0.111. The molecule has 6 aromatic rings. The first kappa shape index (κ1) is 46.3. The zero-order chi connectivity index (χ0) is 48.2. The van der Waals surface area contributed by atoms with E-state index in [4.69, 9.17) is 31.8 Å². The molecule has 21 heteroatoms. The lowest BCUT2D eigenvalue weighted by Crippen LogP contribution is -2.48. The molecule has 0 spiro atoms. The Morgan fingerprint density at radius 2 is 0.986 bits per heavy atom. The van der Waals surface area contributed by atoms with Gasteiger partial charge in [0.15, 0.2) is 40.1 Å². The number of benzene rings is 2. The van der Waals surface area contributed by atoms with Crippen LogP contribution in [0.5, 0.6) is 0 Å². The number of hydrogen-bond acceptors (Lipinski definition) is 12. The van der Waals surface area contributed by atoms with E-state index in [9.17, 15) is 26.3 Å². The third-order valence-corrected chi connectivity index (χ3v) is 15.7. The average Bonchev–Trinajstić information content (AvgIpc) is 3.97. The van der Waals surface area contributed by atoms with E-state index in [-0.39, 0.29) is 23.2 Å².